The van der Waals surface area contributed by atoms with Crippen LogP contribution in [0, 0.1) is 0 Å². The van der Waals surface area contributed by atoms with Crippen LogP contribution in [-0.4, -0.2) is 35.9 Å². The molecule has 0 aromatic heterocycles. The first-order chi connectivity index (χ1) is 8.51. The number of nitrogen functional groups attached to an aromatic ring is 1. The van der Waals surface area contributed by atoms with E-state index >= 15 is 0 Å². The maximum absolute atomic E-state index is 12.3. The first-order valence-electron chi connectivity index (χ1n) is 5.82. The highest BCUT2D eigenvalue weighted by Crippen LogP contribution is 2.21. The summed E-state index contributed by atoms with van der Waals surface area (Å²) < 4.78 is 0. The molecule has 0 heterocycles. The fraction of sp³-hybridized carbons (Fsp3) is 0.462. The highest BCUT2D eigenvalue weighted by molar-refractivity contribution is 7.98. The number of hydrogen-bond acceptors (Lipinski definition) is 3. The molecule has 0 aliphatic heterocycles. The highest BCUT2D eigenvalue weighted by Gasteiger charge is 2.19. The largest absolute Gasteiger partial charge is 0.398 e. The number of benzene rings is 1. The van der Waals surface area contributed by atoms with Crippen LogP contribution < -0.4 is 5.73 Å². The summed E-state index contributed by atoms with van der Waals surface area (Å²) in [7, 11) is 1.83. The van der Waals surface area contributed by atoms with Gasteiger partial charge in [0.15, 0.2) is 0 Å². The predicted octanol–water partition coefficient (Wildman–Crippen LogP) is 3.14. The number of carbonyl (C=O) groups excluding carboxylic acids is 1. The fourth-order valence-electron chi connectivity index (χ4n) is 1.73. The Morgan fingerprint density at radius 3 is 2.72 bits per heavy atom. The standard InChI is InChI=1S/C13H19ClN2OS/c1-4-10(8-18-3)16(2)13(17)9-5-6-12(15)11(14)7-9/h5-7,10H,4,8,15H2,1-3H3. The van der Waals surface area contributed by atoms with E-state index in [0.29, 0.717) is 16.3 Å². The second-order valence-electron chi connectivity index (χ2n) is 4.17. The predicted molar refractivity (Wildman–Crippen MR) is 80.4 cm³/mol. The molecule has 1 amide bonds. The van der Waals surface area contributed by atoms with Gasteiger partial charge in [-0.2, -0.15) is 11.8 Å². The lowest BCUT2D eigenvalue weighted by Crippen LogP contribution is -2.38. The van der Waals surface area contributed by atoms with Crippen LogP contribution in [0.2, 0.25) is 5.02 Å². The van der Waals surface area contributed by atoms with Gasteiger partial charge in [-0.3, -0.25) is 4.79 Å². The van der Waals surface area contributed by atoms with Crippen LogP contribution in [0.4, 0.5) is 5.69 Å². The van der Waals surface area contributed by atoms with Gasteiger partial charge in [0.25, 0.3) is 5.91 Å². The van der Waals surface area contributed by atoms with E-state index in [0.717, 1.165) is 12.2 Å². The molecule has 0 bridgehead atoms. The van der Waals surface area contributed by atoms with Crippen LogP contribution in [0.3, 0.4) is 0 Å². The summed E-state index contributed by atoms with van der Waals surface area (Å²) in [5, 5.41) is 0.423. The molecular weight excluding hydrogens is 268 g/mol. The summed E-state index contributed by atoms with van der Waals surface area (Å²) in [6.45, 7) is 2.08. The number of anilines is 1. The zero-order valence-corrected chi connectivity index (χ0v) is 12.5. The Balaban J connectivity index is 2.88. The molecule has 2 N–H and O–H groups in total. The Bertz CT molecular complexity index is 425. The smallest absolute Gasteiger partial charge is 0.253 e. The molecule has 0 saturated heterocycles. The molecule has 0 fully saturated rings. The molecule has 0 saturated carbocycles. The van der Waals surface area contributed by atoms with Crippen molar-refractivity contribution in [2.75, 3.05) is 24.8 Å². The lowest BCUT2D eigenvalue weighted by Gasteiger charge is -2.27. The van der Waals surface area contributed by atoms with Gasteiger partial charge in [0.1, 0.15) is 0 Å². The number of nitrogens with zero attached hydrogens (tertiary/aromatic N) is 1. The lowest BCUT2D eigenvalue weighted by molar-refractivity contribution is 0.0743. The number of amides is 1. The molecule has 18 heavy (non-hydrogen) atoms. The van der Waals surface area contributed by atoms with E-state index in [4.69, 9.17) is 17.3 Å². The minimum atomic E-state index is -0.0159. The molecular formula is C13H19ClN2OS. The summed E-state index contributed by atoms with van der Waals surface area (Å²) in [4.78, 5) is 14.1. The van der Waals surface area contributed by atoms with Crippen LogP contribution in [0.15, 0.2) is 18.2 Å². The maximum atomic E-state index is 12.3. The van der Waals surface area contributed by atoms with Gasteiger partial charge in [0, 0.05) is 24.4 Å². The third-order valence-corrected chi connectivity index (χ3v) is 3.99. The summed E-state index contributed by atoms with van der Waals surface area (Å²) in [6, 6.07) is 5.25. The van der Waals surface area contributed by atoms with E-state index in [1.807, 2.05) is 13.3 Å². The van der Waals surface area contributed by atoms with Crippen LogP contribution in [-0.2, 0) is 0 Å². The molecule has 3 nitrogen and oxygen atoms in total. The number of thioether (sulfide) groups is 1. The topological polar surface area (TPSA) is 46.3 Å². The molecule has 1 aromatic carbocycles. The van der Waals surface area contributed by atoms with Gasteiger partial charge in [-0.05, 0) is 30.9 Å². The molecule has 0 spiro atoms. The summed E-state index contributed by atoms with van der Waals surface area (Å²) >= 11 is 7.68. The highest BCUT2D eigenvalue weighted by atomic mass is 35.5. The van der Waals surface area contributed by atoms with Crippen molar-refractivity contribution in [2.45, 2.75) is 19.4 Å². The van der Waals surface area contributed by atoms with E-state index < -0.39 is 0 Å². The Hall–Kier alpha value is -0.870. The average Bonchev–Trinajstić information content (AvgIpc) is 2.37. The molecule has 0 aliphatic carbocycles. The fourth-order valence-corrected chi connectivity index (χ4v) is 2.75. The van der Waals surface area contributed by atoms with Gasteiger partial charge in [-0.15, -0.1) is 0 Å². The normalized spacial score (nSPS) is 12.2. The van der Waals surface area contributed by atoms with Crippen molar-refractivity contribution in [1.82, 2.24) is 4.90 Å². The van der Waals surface area contributed by atoms with E-state index in [-0.39, 0.29) is 11.9 Å². The van der Waals surface area contributed by atoms with Gasteiger partial charge in [-0.1, -0.05) is 18.5 Å². The Kier molecular flexibility index (Phi) is 5.82. The summed E-state index contributed by atoms with van der Waals surface area (Å²) in [6.07, 6.45) is 2.98. The number of halogens is 1. The zero-order valence-electron chi connectivity index (χ0n) is 10.9. The molecule has 1 unspecified atom stereocenters. The third kappa shape index (κ3) is 3.56. The number of rotatable bonds is 5. The second kappa shape index (κ2) is 6.90. The maximum Gasteiger partial charge on any atom is 0.253 e. The molecule has 0 radical (unpaired) electrons. The Morgan fingerprint density at radius 2 is 2.22 bits per heavy atom. The van der Waals surface area contributed by atoms with Crippen molar-refractivity contribution >= 4 is 35.0 Å². The molecule has 1 atom stereocenters. The van der Waals surface area contributed by atoms with E-state index in [9.17, 15) is 4.79 Å². The van der Waals surface area contributed by atoms with Crippen molar-refractivity contribution in [3.63, 3.8) is 0 Å². The van der Waals surface area contributed by atoms with Crippen molar-refractivity contribution < 1.29 is 4.79 Å². The lowest BCUT2D eigenvalue weighted by atomic mass is 10.1. The average molecular weight is 287 g/mol. The van der Waals surface area contributed by atoms with Gasteiger partial charge >= 0.3 is 0 Å². The Labute approximate surface area is 118 Å². The molecule has 1 rings (SSSR count). The van der Waals surface area contributed by atoms with Crippen molar-refractivity contribution in [2.24, 2.45) is 0 Å². The third-order valence-electron chi connectivity index (χ3n) is 2.95. The summed E-state index contributed by atoms with van der Waals surface area (Å²) in [5.41, 5.74) is 6.71. The quantitative estimate of drug-likeness (QED) is 0.846. The first-order valence-corrected chi connectivity index (χ1v) is 7.59. The van der Waals surface area contributed by atoms with E-state index in [1.165, 1.54) is 0 Å². The molecule has 5 heteroatoms. The van der Waals surface area contributed by atoms with Crippen LogP contribution >= 0.6 is 23.4 Å². The molecule has 0 aliphatic rings. The van der Waals surface area contributed by atoms with Crippen molar-refractivity contribution in [1.29, 1.82) is 0 Å². The first kappa shape index (κ1) is 15.2. The minimum absolute atomic E-state index is 0.0159. The SMILES string of the molecule is CCC(CSC)N(C)C(=O)c1ccc(N)c(Cl)c1. The summed E-state index contributed by atoms with van der Waals surface area (Å²) in [5.74, 6) is 0.916. The van der Waals surface area contributed by atoms with E-state index in [1.54, 1.807) is 34.9 Å². The van der Waals surface area contributed by atoms with E-state index in [2.05, 4.69) is 6.92 Å². The van der Waals surface area contributed by atoms with Gasteiger partial charge in [0.05, 0.1) is 10.7 Å². The number of hydrogen-bond donors (Lipinski definition) is 1. The molecule has 1 aromatic rings. The number of nitrogens with two attached hydrogens (primary N) is 1. The minimum Gasteiger partial charge on any atom is -0.398 e. The second-order valence-corrected chi connectivity index (χ2v) is 5.49. The monoisotopic (exact) mass is 286 g/mol. The van der Waals surface area contributed by atoms with Crippen molar-refractivity contribution in [3.05, 3.63) is 28.8 Å². The van der Waals surface area contributed by atoms with Crippen molar-refractivity contribution in [3.8, 4) is 0 Å². The van der Waals surface area contributed by atoms with Crippen LogP contribution in [0.25, 0.3) is 0 Å². The van der Waals surface area contributed by atoms with Gasteiger partial charge in [0.2, 0.25) is 0 Å². The van der Waals surface area contributed by atoms with Crippen LogP contribution in [0.5, 0.6) is 0 Å². The zero-order chi connectivity index (χ0) is 13.7. The number of carbonyl (C=O) groups is 1. The van der Waals surface area contributed by atoms with Gasteiger partial charge < -0.3 is 10.6 Å². The van der Waals surface area contributed by atoms with Crippen LogP contribution in [0.1, 0.15) is 23.7 Å². The Morgan fingerprint density at radius 1 is 1.56 bits per heavy atom. The van der Waals surface area contributed by atoms with Gasteiger partial charge in [-0.25, -0.2) is 0 Å². The molecule has 100 valence electrons.